The Hall–Kier alpha value is -3.39. The number of nitrogens with one attached hydrogen (secondary N) is 1. The van der Waals surface area contributed by atoms with Crippen molar-refractivity contribution in [3.63, 3.8) is 0 Å². The van der Waals surface area contributed by atoms with Crippen LogP contribution >= 0.6 is 34.4 Å². The van der Waals surface area contributed by atoms with Crippen LogP contribution in [-0.2, 0) is 9.53 Å². The summed E-state index contributed by atoms with van der Waals surface area (Å²) in [7, 11) is 0. The second-order valence-corrected chi connectivity index (χ2v) is 11.6. The largest absolute Gasteiger partial charge is 0.378 e. The molecule has 1 atom stereocenters. The highest BCUT2D eigenvalue weighted by Crippen LogP contribution is 2.34. The lowest BCUT2D eigenvalue weighted by Gasteiger charge is -2.28. The van der Waals surface area contributed by atoms with Gasteiger partial charge in [-0.2, -0.15) is 0 Å². The normalized spacial score (nSPS) is 14.8. The van der Waals surface area contributed by atoms with Gasteiger partial charge in [-0.25, -0.2) is 9.97 Å². The van der Waals surface area contributed by atoms with Crippen molar-refractivity contribution in [1.82, 2.24) is 9.97 Å². The maximum atomic E-state index is 12.4. The van der Waals surface area contributed by atoms with Crippen LogP contribution in [0.3, 0.4) is 0 Å². The molecule has 1 N–H and O–H groups in total. The van der Waals surface area contributed by atoms with Crippen LogP contribution in [0.15, 0.2) is 57.3 Å². The third-order valence-corrected chi connectivity index (χ3v) is 8.47. The van der Waals surface area contributed by atoms with Gasteiger partial charge in [0.05, 0.1) is 39.3 Å². The molecule has 2 aromatic carbocycles. The lowest BCUT2D eigenvalue weighted by Crippen LogP contribution is -2.36. The molecular weight excluding hydrogens is 533 g/mol. The van der Waals surface area contributed by atoms with Crippen LogP contribution in [0, 0.1) is 10.1 Å². The predicted octanol–water partition coefficient (Wildman–Crippen LogP) is 5.37. The van der Waals surface area contributed by atoms with E-state index in [1.807, 2.05) is 41.5 Å². The Kier molecular flexibility index (Phi) is 7.74. The number of nitrogens with zero attached hydrogens (tertiary/aromatic N) is 5. The number of aromatic nitrogens is 2. The summed E-state index contributed by atoms with van der Waals surface area (Å²) in [6.07, 6.45) is 3.27. The zero-order valence-electron chi connectivity index (χ0n) is 19.7. The number of nitro groups is 1. The van der Waals surface area contributed by atoms with Crippen LogP contribution in [0.4, 0.5) is 22.2 Å². The number of hydrogen-bond acceptors (Lipinski definition) is 11. The quantitative estimate of drug-likeness (QED) is 0.134. The molecule has 190 valence electrons. The third-order valence-electron chi connectivity index (χ3n) is 5.57. The zero-order chi connectivity index (χ0) is 25.8. The van der Waals surface area contributed by atoms with E-state index in [1.165, 1.54) is 34.4 Å². The first kappa shape index (κ1) is 25.3. The first-order chi connectivity index (χ1) is 18.0. The average molecular weight is 555 g/mol. The molecule has 1 fully saturated rings. The maximum absolute atomic E-state index is 12.4. The topological polar surface area (TPSA) is 123 Å². The average Bonchev–Trinajstić information content (AvgIpc) is 3.56. The second kappa shape index (κ2) is 11.3. The number of amides is 1. The molecule has 2 aromatic heterocycles. The van der Waals surface area contributed by atoms with Gasteiger partial charge in [0.1, 0.15) is 5.69 Å². The fraction of sp³-hybridized carbons (Fsp3) is 0.250. The highest BCUT2D eigenvalue weighted by Gasteiger charge is 2.22. The molecule has 1 amide bonds. The van der Waals surface area contributed by atoms with Crippen molar-refractivity contribution in [2.45, 2.75) is 16.5 Å². The van der Waals surface area contributed by atoms with Gasteiger partial charge in [0, 0.05) is 36.9 Å². The number of aliphatic imine (C=N–C) groups is 1. The molecule has 1 aliphatic heterocycles. The van der Waals surface area contributed by atoms with E-state index >= 15 is 0 Å². The van der Waals surface area contributed by atoms with Gasteiger partial charge in [0.2, 0.25) is 5.91 Å². The summed E-state index contributed by atoms with van der Waals surface area (Å²) in [6.45, 7) is 4.19. The second-order valence-electron chi connectivity index (χ2n) is 8.08. The van der Waals surface area contributed by atoms with E-state index in [2.05, 4.69) is 20.3 Å². The van der Waals surface area contributed by atoms with Crippen molar-refractivity contribution >= 4 is 79.0 Å². The number of anilines is 2. The number of fused-ring (bicyclic) bond motifs is 1. The number of rotatable bonds is 8. The van der Waals surface area contributed by atoms with Gasteiger partial charge in [-0.15, -0.1) is 22.7 Å². The molecule has 13 heteroatoms. The zero-order valence-corrected chi connectivity index (χ0v) is 22.1. The summed E-state index contributed by atoms with van der Waals surface area (Å²) < 4.78 is 7.08. The Balaban J connectivity index is 1.29. The number of thioether (sulfide) groups is 1. The number of hydrogen-bond donors (Lipinski definition) is 1. The molecule has 37 heavy (non-hydrogen) atoms. The monoisotopic (exact) mass is 554 g/mol. The number of benzene rings is 2. The fourth-order valence-electron chi connectivity index (χ4n) is 3.71. The van der Waals surface area contributed by atoms with E-state index in [0.29, 0.717) is 48.4 Å². The van der Waals surface area contributed by atoms with Gasteiger partial charge < -0.3 is 15.0 Å². The molecule has 0 radical (unpaired) electrons. The molecule has 0 bridgehead atoms. The van der Waals surface area contributed by atoms with Crippen LogP contribution in [0.1, 0.15) is 12.5 Å². The Morgan fingerprint density at radius 2 is 2.14 bits per heavy atom. The standard InChI is InChI=1S/C24H22N6O4S3/c1-15(22(31)28-23-25-6-11-35-23)36-24-27-18-4-3-17(13-21(18)37-24)26-14-16-2-5-19(20(12-16)30(32)33)29-7-9-34-10-8-29/h2-6,11-15H,7-10H2,1H3,(H,25,28,31)/t15-/m0/s1. The lowest BCUT2D eigenvalue weighted by molar-refractivity contribution is -0.384. The molecule has 0 aliphatic carbocycles. The minimum Gasteiger partial charge on any atom is -0.378 e. The molecular formula is C24H22N6O4S3. The van der Waals surface area contributed by atoms with Gasteiger partial charge in [0.15, 0.2) is 9.47 Å². The molecule has 0 unspecified atom stereocenters. The van der Waals surface area contributed by atoms with Gasteiger partial charge in [0.25, 0.3) is 5.69 Å². The van der Waals surface area contributed by atoms with Crippen molar-refractivity contribution in [2.75, 3.05) is 36.5 Å². The van der Waals surface area contributed by atoms with E-state index in [-0.39, 0.29) is 21.8 Å². The number of nitro benzene ring substituents is 1. The minimum absolute atomic E-state index is 0.0541. The Morgan fingerprint density at radius 3 is 2.89 bits per heavy atom. The van der Waals surface area contributed by atoms with Crippen LogP contribution in [-0.4, -0.2) is 58.6 Å². The van der Waals surface area contributed by atoms with E-state index < -0.39 is 0 Å². The summed E-state index contributed by atoms with van der Waals surface area (Å²) in [4.78, 5) is 39.0. The first-order valence-electron chi connectivity index (χ1n) is 11.4. The maximum Gasteiger partial charge on any atom is 0.293 e. The number of carbonyl (C=O) groups excluding carboxylic acids is 1. The van der Waals surface area contributed by atoms with Crippen LogP contribution in [0.5, 0.6) is 0 Å². The minimum atomic E-state index is -0.358. The van der Waals surface area contributed by atoms with Crippen molar-refractivity contribution in [2.24, 2.45) is 4.99 Å². The van der Waals surface area contributed by atoms with E-state index in [9.17, 15) is 14.9 Å². The Bertz CT molecular complexity index is 1450. The number of carbonyl (C=O) groups is 1. The summed E-state index contributed by atoms with van der Waals surface area (Å²) in [5.74, 6) is -0.127. The van der Waals surface area contributed by atoms with E-state index in [1.54, 1.807) is 24.5 Å². The molecule has 3 heterocycles. The highest BCUT2D eigenvalue weighted by molar-refractivity contribution is 8.02. The first-order valence-corrected chi connectivity index (χ1v) is 14.0. The molecule has 0 saturated carbocycles. The highest BCUT2D eigenvalue weighted by atomic mass is 32.2. The summed E-state index contributed by atoms with van der Waals surface area (Å²) in [6, 6.07) is 10.8. The van der Waals surface area contributed by atoms with E-state index in [4.69, 9.17) is 4.74 Å². The fourth-order valence-corrected chi connectivity index (χ4v) is 6.48. The van der Waals surface area contributed by atoms with Crippen molar-refractivity contribution < 1.29 is 14.5 Å². The van der Waals surface area contributed by atoms with Gasteiger partial charge in [-0.3, -0.25) is 19.9 Å². The number of morpholine rings is 1. The molecule has 1 saturated heterocycles. The van der Waals surface area contributed by atoms with Crippen LogP contribution < -0.4 is 10.2 Å². The van der Waals surface area contributed by atoms with Crippen LogP contribution in [0.25, 0.3) is 10.2 Å². The third kappa shape index (κ3) is 6.13. The van der Waals surface area contributed by atoms with Gasteiger partial charge in [-0.05, 0) is 36.8 Å². The number of thiazole rings is 2. The van der Waals surface area contributed by atoms with Crippen LogP contribution in [0.2, 0.25) is 0 Å². The molecule has 5 rings (SSSR count). The summed E-state index contributed by atoms with van der Waals surface area (Å²) >= 11 is 4.26. The predicted molar refractivity (Wildman–Crippen MR) is 149 cm³/mol. The van der Waals surface area contributed by atoms with Gasteiger partial charge >= 0.3 is 0 Å². The molecule has 4 aromatic rings. The van der Waals surface area contributed by atoms with Crippen molar-refractivity contribution in [3.8, 4) is 0 Å². The van der Waals surface area contributed by atoms with E-state index in [0.717, 1.165) is 14.6 Å². The molecule has 10 nitrogen and oxygen atoms in total. The SMILES string of the molecule is C[C@H](Sc1nc2ccc(N=Cc3ccc(N4CCOCC4)c([N+](=O)[O-])c3)cc2s1)C(=O)Nc1nccs1. The van der Waals surface area contributed by atoms with Crippen molar-refractivity contribution in [3.05, 3.63) is 63.7 Å². The van der Waals surface area contributed by atoms with Gasteiger partial charge in [-0.1, -0.05) is 17.8 Å². The molecule has 1 aliphatic rings. The summed E-state index contributed by atoms with van der Waals surface area (Å²) in [5.41, 5.74) is 2.82. The lowest BCUT2D eigenvalue weighted by atomic mass is 10.1. The Labute approximate surface area is 224 Å². The summed E-state index contributed by atoms with van der Waals surface area (Å²) in [5, 5.41) is 16.6. The molecule has 0 spiro atoms. The van der Waals surface area contributed by atoms with Crippen molar-refractivity contribution in [1.29, 1.82) is 0 Å². The number of ether oxygens (including phenoxy) is 1. The smallest absolute Gasteiger partial charge is 0.293 e. The Morgan fingerprint density at radius 1 is 1.30 bits per heavy atom.